The summed E-state index contributed by atoms with van der Waals surface area (Å²) < 4.78 is 0. The fourth-order valence-electron chi connectivity index (χ4n) is 2.75. The Bertz CT molecular complexity index is 249. The molecular weight excluding hydrogens is 256 g/mol. The Morgan fingerprint density at radius 1 is 0.952 bits per heavy atom. The quantitative estimate of drug-likeness (QED) is 0.535. The van der Waals surface area contributed by atoms with E-state index in [2.05, 4.69) is 65.6 Å². The molecule has 0 saturated carbocycles. The standard InChI is InChI=1S/C19H42N2/c1-9-12-13-14-21(17(4)5)16-19(10-2,11-3)15-20-18(6,7)8/h17,20H,9-16H2,1-8H3. The number of rotatable bonds is 11. The molecule has 0 atom stereocenters. The Balaban J connectivity index is 4.74. The summed E-state index contributed by atoms with van der Waals surface area (Å²) in [5.74, 6) is 0. The van der Waals surface area contributed by atoms with Crippen molar-refractivity contribution in [1.29, 1.82) is 0 Å². The lowest BCUT2D eigenvalue weighted by Crippen LogP contribution is -2.50. The van der Waals surface area contributed by atoms with E-state index < -0.39 is 0 Å². The number of nitrogens with zero attached hydrogens (tertiary/aromatic N) is 1. The van der Waals surface area contributed by atoms with Crippen molar-refractivity contribution in [2.24, 2.45) is 5.41 Å². The smallest absolute Gasteiger partial charge is 0.00967 e. The van der Waals surface area contributed by atoms with E-state index in [9.17, 15) is 0 Å². The van der Waals surface area contributed by atoms with Gasteiger partial charge in [0.25, 0.3) is 0 Å². The van der Waals surface area contributed by atoms with E-state index in [0.717, 1.165) is 6.54 Å². The maximum Gasteiger partial charge on any atom is 0.00967 e. The summed E-state index contributed by atoms with van der Waals surface area (Å²) in [6.07, 6.45) is 6.51. The van der Waals surface area contributed by atoms with Crippen LogP contribution in [-0.2, 0) is 0 Å². The van der Waals surface area contributed by atoms with Crippen LogP contribution in [-0.4, -0.2) is 36.1 Å². The first-order valence-electron chi connectivity index (χ1n) is 9.18. The van der Waals surface area contributed by atoms with Crippen molar-refractivity contribution in [3.8, 4) is 0 Å². The van der Waals surface area contributed by atoms with Crippen LogP contribution in [0.1, 0.15) is 87.5 Å². The monoisotopic (exact) mass is 298 g/mol. The molecule has 0 bridgehead atoms. The van der Waals surface area contributed by atoms with Gasteiger partial charge in [-0.3, -0.25) is 0 Å². The van der Waals surface area contributed by atoms with Crippen LogP contribution in [0.4, 0.5) is 0 Å². The lowest BCUT2D eigenvalue weighted by atomic mass is 9.80. The molecule has 0 aliphatic heterocycles. The topological polar surface area (TPSA) is 15.3 Å². The molecule has 0 spiro atoms. The Morgan fingerprint density at radius 3 is 1.90 bits per heavy atom. The molecule has 0 aliphatic carbocycles. The molecule has 0 aromatic carbocycles. The highest BCUT2D eigenvalue weighted by atomic mass is 15.2. The van der Waals surface area contributed by atoms with E-state index in [0.29, 0.717) is 11.5 Å². The number of hydrogen-bond acceptors (Lipinski definition) is 2. The van der Waals surface area contributed by atoms with Crippen LogP contribution in [0, 0.1) is 5.41 Å². The van der Waals surface area contributed by atoms with Crippen molar-refractivity contribution < 1.29 is 0 Å². The molecule has 0 amide bonds. The molecule has 2 nitrogen and oxygen atoms in total. The molecule has 1 N–H and O–H groups in total. The summed E-state index contributed by atoms with van der Waals surface area (Å²) in [7, 11) is 0. The molecule has 0 aromatic heterocycles. The van der Waals surface area contributed by atoms with Crippen LogP contribution >= 0.6 is 0 Å². The molecule has 128 valence electrons. The van der Waals surface area contributed by atoms with Gasteiger partial charge in [0.15, 0.2) is 0 Å². The minimum absolute atomic E-state index is 0.209. The second-order valence-corrected chi connectivity index (χ2v) is 8.08. The second kappa shape index (κ2) is 9.84. The Labute approximate surface area is 135 Å². The van der Waals surface area contributed by atoms with Crippen LogP contribution in [0.15, 0.2) is 0 Å². The predicted octanol–water partition coefficient (Wildman–Crippen LogP) is 5.08. The summed E-state index contributed by atoms with van der Waals surface area (Å²) in [6, 6.07) is 0.647. The van der Waals surface area contributed by atoms with Crippen molar-refractivity contribution in [3.63, 3.8) is 0 Å². The van der Waals surface area contributed by atoms with Gasteiger partial charge in [-0.1, -0.05) is 33.6 Å². The molecule has 0 aromatic rings. The van der Waals surface area contributed by atoms with E-state index in [1.165, 1.54) is 45.2 Å². The molecule has 0 aliphatic rings. The minimum atomic E-state index is 0.209. The van der Waals surface area contributed by atoms with Gasteiger partial charge in [-0.15, -0.1) is 0 Å². The fourth-order valence-corrected chi connectivity index (χ4v) is 2.75. The van der Waals surface area contributed by atoms with Crippen molar-refractivity contribution in [3.05, 3.63) is 0 Å². The summed E-state index contributed by atoms with van der Waals surface area (Å²) >= 11 is 0. The maximum absolute atomic E-state index is 3.75. The summed E-state index contributed by atoms with van der Waals surface area (Å²) in [4.78, 5) is 2.70. The normalized spacial score (nSPS) is 13.4. The molecular formula is C19H42N2. The first-order chi connectivity index (χ1) is 9.69. The second-order valence-electron chi connectivity index (χ2n) is 8.08. The zero-order valence-corrected chi connectivity index (χ0v) is 16.2. The average molecular weight is 299 g/mol. The first kappa shape index (κ1) is 20.9. The van der Waals surface area contributed by atoms with Crippen molar-refractivity contribution in [1.82, 2.24) is 10.2 Å². The third kappa shape index (κ3) is 8.83. The van der Waals surface area contributed by atoms with Crippen LogP contribution in [0.25, 0.3) is 0 Å². The highest BCUT2D eigenvalue weighted by Crippen LogP contribution is 2.28. The highest BCUT2D eigenvalue weighted by Gasteiger charge is 2.30. The van der Waals surface area contributed by atoms with E-state index in [1.54, 1.807) is 0 Å². The third-order valence-electron chi connectivity index (χ3n) is 4.81. The van der Waals surface area contributed by atoms with Crippen LogP contribution in [0.2, 0.25) is 0 Å². The molecule has 0 radical (unpaired) electrons. The molecule has 21 heavy (non-hydrogen) atoms. The van der Waals surface area contributed by atoms with Crippen LogP contribution in [0.3, 0.4) is 0 Å². The van der Waals surface area contributed by atoms with Gasteiger partial charge in [0.1, 0.15) is 0 Å². The minimum Gasteiger partial charge on any atom is -0.311 e. The van der Waals surface area contributed by atoms with E-state index >= 15 is 0 Å². The SMILES string of the molecule is CCCCCN(CC(CC)(CC)CNC(C)(C)C)C(C)C. The fraction of sp³-hybridized carbons (Fsp3) is 1.00. The van der Waals surface area contributed by atoms with E-state index in [4.69, 9.17) is 0 Å². The van der Waals surface area contributed by atoms with Crippen molar-refractivity contribution in [2.45, 2.75) is 99.1 Å². The molecule has 0 rings (SSSR count). The number of nitrogens with one attached hydrogen (secondary N) is 1. The largest absolute Gasteiger partial charge is 0.311 e. The van der Waals surface area contributed by atoms with Gasteiger partial charge in [0, 0.05) is 24.7 Å². The lowest BCUT2D eigenvalue weighted by Gasteiger charge is -2.41. The summed E-state index contributed by atoms with van der Waals surface area (Å²) in [6.45, 7) is 22.1. The number of unbranched alkanes of at least 4 members (excludes halogenated alkanes) is 2. The first-order valence-corrected chi connectivity index (χ1v) is 9.18. The Kier molecular flexibility index (Phi) is 9.80. The number of hydrogen-bond donors (Lipinski definition) is 1. The van der Waals surface area contributed by atoms with Crippen molar-refractivity contribution >= 4 is 0 Å². The molecule has 0 fully saturated rings. The van der Waals surface area contributed by atoms with Gasteiger partial charge in [-0.05, 0) is 65.8 Å². The van der Waals surface area contributed by atoms with Gasteiger partial charge in [0.2, 0.25) is 0 Å². The van der Waals surface area contributed by atoms with Gasteiger partial charge in [0.05, 0.1) is 0 Å². The van der Waals surface area contributed by atoms with Crippen LogP contribution in [0.5, 0.6) is 0 Å². The molecule has 0 unspecified atom stereocenters. The van der Waals surface area contributed by atoms with Gasteiger partial charge < -0.3 is 10.2 Å². The average Bonchev–Trinajstić information content (AvgIpc) is 2.41. The molecule has 2 heteroatoms. The maximum atomic E-state index is 3.75. The Morgan fingerprint density at radius 2 is 1.52 bits per heavy atom. The molecule has 0 saturated heterocycles. The van der Waals surface area contributed by atoms with Gasteiger partial charge >= 0.3 is 0 Å². The lowest BCUT2D eigenvalue weighted by molar-refractivity contribution is 0.102. The van der Waals surface area contributed by atoms with E-state index in [-0.39, 0.29) is 5.54 Å². The van der Waals surface area contributed by atoms with E-state index in [1.807, 2.05) is 0 Å². The van der Waals surface area contributed by atoms with Gasteiger partial charge in [-0.25, -0.2) is 0 Å². The summed E-state index contributed by atoms with van der Waals surface area (Å²) in [5, 5.41) is 3.75. The van der Waals surface area contributed by atoms with Gasteiger partial charge in [-0.2, -0.15) is 0 Å². The van der Waals surface area contributed by atoms with Crippen molar-refractivity contribution in [2.75, 3.05) is 19.6 Å². The Hall–Kier alpha value is -0.0800. The highest BCUT2D eigenvalue weighted by molar-refractivity contribution is 4.86. The molecule has 0 heterocycles. The predicted molar refractivity (Wildman–Crippen MR) is 97.0 cm³/mol. The summed E-state index contributed by atoms with van der Waals surface area (Å²) in [5.41, 5.74) is 0.615. The zero-order chi connectivity index (χ0) is 16.5. The van der Waals surface area contributed by atoms with Crippen LogP contribution < -0.4 is 5.32 Å². The third-order valence-corrected chi connectivity index (χ3v) is 4.81. The zero-order valence-electron chi connectivity index (χ0n) is 16.2.